The number of halogens is 3. The largest absolute Gasteiger partial charge is 0.349 e. The van der Waals surface area contributed by atoms with Gasteiger partial charge in [0.2, 0.25) is 5.91 Å². The van der Waals surface area contributed by atoms with Crippen LogP contribution < -0.4 is 10.6 Å². The van der Waals surface area contributed by atoms with Gasteiger partial charge >= 0.3 is 0 Å². The summed E-state index contributed by atoms with van der Waals surface area (Å²) in [5, 5.41) is 5.77. The van der Waals surface area contributed by atoms with E-state index in [1.807, 2.05) is 48.5 Å². The molecule has 10 heteroatoms. The third kappa shape index (κ3) is 5.90. The Morgan fingerprint density at radius 1 is 1.05 bits per heavy atom. The number of aromatic nitrogens is 1. The van der Waals surface area contributed by atoms with E-state index in [4.69, 9.17) is 11.6 Å². The van der Waals surface area contributed by atoms with Crippen LogP contribution in [-0.2, 0) is 10.2 Å². The van der Waals surface area contributed by atoms with Crippen LogP contribution in [-0.4, -0.2) is 59.6 Å². The van der Waals surface area contributed by atoms with Crippen molar-refractivity contribution in [3.8, 4) is 11.1 Å². The molecular weight excluding hydrogens is 553 g/mol. The van der Waals surface area contributed by atoms with E-state index in [2.05, 4.69) is 20.5 Å². The SMILES string of the molecule is O=C(NC1CCN(CCCCC2(C(=O)NCC(F)(F)P)c3ccccc3-c3ccccc32)C1)c1cccnc1Cl. The minimum atomic E-state index is -3.08. The average molecular weight is 585 g/mol. The lowest BCUT2D eigenvalue weighted by molar-refractivity contribution is -0.126. The van der Waals surface area contributed by atoms with Crippen molar-refractivity contribution in [2.45, 2.75) is 42.8 Å². The monoisotopic (exact) mass is 584 g/mol. The molecule has 1 aliphatic carbocycles. The van der Waals surface area contributed by atoms with E-state index in [-0.39, 0.29) is 17.1 Å². The molecule has 2 heterocycles. The molecule has 0 radical (unpaired) electrons. The molecule has 2 amide bonds. The number of unbranched alkanes of at least 4 members (excludes halogenated alkanes) is 1. The third-order valence-corrected chi connectivity index (χ3v) is 8.33. The highest BCUT2D eigenvalue weighted by molar-refractivity contribution is 7.18. The summed E-state index contributed by atoms with van der Waals surface area (Å²) in [6.07, 6.45) is 4.44. The van der Waals surface area contributed by atoms with Crippen LogP contribution in [0, 0.1) is 0 Å². The minimum Gasteiger partial charge on any atom is -0.349 e. The fourth-order valence-electron chi connectivity index (χ4n) is 6.00. The van der Waals surface area contributed by atoms with Gasteiger partial charge in [-0.1, -0.05) is 75.8 Å². The van der Waals surface area contributed by atoms with Crippen molar-refractivity contribution >= 4 is 32.7 Å². The van der Waals surface area contributed by atoms with Crippen LogP contribution in [0.15, 0.2) is 66.9 Å². The molecule has 3 aromatic rings. The third-order valence-electron chi connectivity index (χ3n) is 7.82. The molecule has 1 fully saturated rings. The van der Waals surface area contributed by atoms with E-state index in [1.165, 1.54) is 9.24 Å². The summed E-state index contributed by atoms with van der Waals surface area (Å²) in [6, 6.07) is 18.9. The van der Waals surface area contributed by atoms with Crippen LogP contribution in [0.5, 0.6) is 0 Å². The number of carbonyl (C=O) groups is 2. The number of hydrogen-bond acceptors (Lipinski definition) is 4. The molecule has 2 aromatic carbocycles. The van der Waals surface area contributed by atoms with Crippen LogP contribution >= 0.6 is 20.8 Å². The molecule has 2 N–H and O–H groups in total. The number of alkyl halides is 2. The number of hydrogen-bond donors (Lipinski definition) is 2. The first-order valence-electron chi connectivity index (χ1n) is 13.5. The number of likely N-dealkylation sites (tertiary alicyclic amines) is 1. The fraction of sp³-hybridized carbons (Fsp3) is 0.367. The molecule has 210 valence electrons. The summed E-state index contributed by atoms with van der Waals surface area (Å²) >= 11 is 6.06. The maximum absolute atomic E-state index is 13.8. The number of nitrogens with zero attached hydrogens (tertiary/aromatic N) is 2. The van der Waals surface area contributed by atoms with Crippen molar-refractivity contribution in [3.05, 3.63) is 88.7 Å². The number of pyridine rings is 1. The van der Waals surface area contributed by atoms with Gasteiger partial charge in [-0.15, -0.1) is 0 Å². The van der Waals surface area contributed by atoms with Gasteiger partial charge in [-0.05, 0) is 60.2 Å². The van der Waals surface area contributed by atoms with Crippen molar-refractivity contribution in [2.24, 2.45) is 0 Å². The zero-order valence-electron chi connectivity index (χ0n) is 22.0. The summed E-state index contributed by atoms with van der Waals surface area (Å²) in [7, 11) is 1.49. The standard InChI is InChI=1S/C30H32ClF2N4O2P/c31-26-23(10-7-15-34-26)27(38)36-20-13-17-37(18-20)16-6-5-14-29(28(39)35-19-30(32,33)40)24-11-3-1-8-21(24)22-9-2-4-12-25(22)29/h1-4,7-12,15,20H,5-6,13-14,16-19,40H2,(H,35,39)(H,36,38). The molecule has 2 unspecified atom stereocenters. The molecule has 1 saturated heterocycles. The van der Waals surface area contributed by atoms with Gasteiger partial charge in [0.25, 0.3) is 11.6 Å². The van der Waals surface area contributed by atoms with Gasteiger partial charge in [-0.25, -0.2) is 13.8 Å². The highest BCUT2D eigenvalue weighted by Crippen LogP contribution is 2.51. The highest BCUT2D eigenvalue weighted by Gasteiger charge is 2.48. The number of carbonyl (C=O) groups excluding carboxylic acids is 2. The smallest absolute Gasteiger partial charge is 0.275 e. The molecule has 0 spiro atoms. The first kappa shape index (κ1) is 28.6. The van der Waals surface area contributed by atoms with Crippen LogP contribution in [0.25, 0.3) is 11.1 Å². The van der Waals surface area contributed by atoms with E-state index in [9.17, 15) is 18.4 Å². The Morgan fingerprint density at radius 2 is 1.73 bits per heavy atom. The molecule has 0 bridgehead atoms. The first-order chi connectivity index (χ1) is 19.2. The number of nitrogens with one attached hydrogen (secondary N) is 2. The van der Waals surface area contributed by atoms with E-state index < -0.39 is 23.5 Å². The first-order valence-corrected chi connectivity index (χ1v) is 14.4. The van der Waals surface area contributed by atoms with Crippen LogP contribution in [0.2, 0.25) is 5.15 Å². The van der Waals surface area contributed by atoms with E-state index in [0.29, 0.717) is 12.0 Å². The summed E-state index contributed by atoms with van der Waals surface area (Å²) in [4.78, 5) is 32.6. The van der Waals surface area contributed by atoms with Crippen LogP contribution in [0.3, 0.4) is 0 Å². The predicted octanol–water partition coefficient (Wildman–Crippen LogP) is 5.26. The van der Waals surface area contributed by atoms with Crippen molar-refractivity contribution in [1.29, 1.82) is 0 Å². The summed E-state index contributed by atoms with van der Waals surface area (Å²) in [5.74, 6) is -0.627. The maximum atomic E-state index is 13.8. The van der Waals surface area contributed by atoms with Crippen molar-refractivity contribution in [1.82, 2.24) is 20.5 Å². The number of benzene rings is 2. The number of amides is 2. The molecule has 5 rings (SSSR count). The Hall–Kier alpha value is -2.93. The van der Waals surface area contributed by atoms with E-state index >= 15 is 0 Å². The van der Waals surface area contributed by atoms with Crippen molar-refractivity contribution in [3.63, 3.8) is 0 Å². The molecular formula is C30H32ClF2N4O2P. The lowest BCUT2D eigenvalue weighted by atomic mass is 9.73. The van der Waals surface area contributed by atoms with Gasteiger partial charge in [-0.3, -0.25) is 9.59 Å². The van der Waals surface area contributed by atoms with Gasteiger partial charge in [-0.2, -0.15) is 0 Å². The normalized spacial score (nSPS) is 17.8. The molecule has 6 nitrogen and oxygen atoms in total. The van der Waals surface area contributed by atoms with Gasteiger partial charge in [0.15, 0.2) is 0 Å². The lowest BCUT2D eigenvalue weighted by Gasteiger charge is -2.31. The molecule has 0 saturated carbocycles. The van der Waals surface area contributed by atoms with E-state index in [0.717, 1.165) is 61.2 Å². The van der Waals surface area contributed by atoms with Crippen LogP contribution in [0.4, 0.5) is 8.78 Å². The number of rotatable bonds is 10. The van der Waals surface area contributed by atoms with Crippen LogP contribution in [0.1, 0.15) is 47.2 Å². The molecule has 1 aromatic heterocycles. The second-order valence-corrected chi connectivity index (χ2v) is 11.7. The lowest BCUT2D eigenvalue weighted by Crippen LogP contribution is -2.47. The number of fused-ring (bicyclic) bond motifs is 3. The predicted molar refractivity (Wildman–Crippen MR) is 156 cm³/mol. The molecule has 2 aliphatic rings. The van der Waals surface area contributed by atoms with Gasteiger partial charge in [0.05, 0.1) is 12.1 Å². The van der Waals surface area contributed by atoms with E-state index in [1.54, 1.807) is 18.3 Å². The second-order valence-electron chi connectivity index (χ2n) is 10.5. The minimum absolute atomic E-state index is 0.0167. The Labute approximate surface area is 240 Å². The Kier molecular flexibility index (Phi) is 8.50. The maximum Gasteiger partial charge on any atom is 0.275 e. The molecule has 1 aliphatic heterocycles. The summed E-state index contributed by atoms with van der Waals surface area (Å²) < 4.78 is 27.4. The Morgan fingerprint density at radius 3 is 2.38 bits per heavy atom. The second kappa shape index (κ2) is 11.9. The quantitative estimate of drug-likeness (QED) is 0.194. The Balaban J connectivity index is 1.24. The molecule has 2 atom stereocenters. The van der Waals surface area contributed by atoms with Crippen molar-refractivity contribution < 1.29 is 18.4 Å². The summed E-state index contributed by atoms with van der Waals surface area (Å²) in [5.41, 5.74) is -0.0950. The molecule has 40 heavy (non-hydrogen) atoms. The summed E-state index contributed by atoms with van der Waals surface area (Å²) in [6.45, 7) is 1.65. The zero-order chi connectivity index (χ0) is 28.3. The van der Waals surface area contributed by atoms with Gasteiger partial charge < -0.3 is 15.5 Å². The fourth-order valence-corrected chi connectivity index (χ4v) is 6.31. The topological polar surface area (TPSA) is 74.3 Å². The highest BCUT2D eigenvalue weighted by atomic mass is 35.5. The average Bonchev–Trinajstić information content (AvgIpc) is 3.50. The van der Waals surface area contributed by atoms with Gasteiger partial charge in [0.1, 0.15) is 10.6 Å². The van der Waals surface area contributed by atoms with Gasteiger partial charge in [0, 0.05) is 25.3 Å². The Bertz CT molecular complexity index is 1350. The zero-order valence-corrected chi connectivity index (χ0v) is 23.9. The van der Waals surface area contributed by atoms with Crippen molar-refractivity contribution in [2.75, 3.05) is 26.2 Å².